The number of nitrogens with one attached hydrogen (secondary N) is 1. The summed E-state index contributed by atoms with van der Waals surface area (Å²) >= 11 is 6.03. The number of halogens is 2. The number of carbonyl (C=O) groups excluding carboxylic acids is 1. The molecular weight excluding hydrogens is 415 g/mol. The highest BCUT2D eigenvalue weighted by Gasteiger charge is 2.24. The van der Waals surface area contributed by atoms with E-state index in [1.54, 1.807) is 39.1 Å². The lowest BCUT2D eigenvalue weighted by atomic mass is 10.1. The fourth-order valence-electron chi connectivity index (χ4n) is 3.08. The van der Waals surface area contributed by atoms with Crippen molar-refractivity contribution >= 4 is 29.0 Å². The number of benzene rings is 1. The van der Waals surface area contributed by atoms with E-state index in [0.717, 1.165) is 0 Å². The Labute approximate surface area is 176 Å². The summed E-state index contributed by atoms with van der Waals surface area (Å²) in [5.41, 5.74) is 0.951. The number of carbonyl (C=O) groups is 1. The molecule has 2 aromatic heterocycles. The van der Waals surface area contributed by atoms with Gasteiger partial charge in [-0.3, -0.25) is 24.3 Å². The van der Waals surface area contributed by atoms with Crippen LogP contribution in [-0.4, -0.2) is 30.4 Å². The Balaban J connectivity index is 1.65. The van der Waals surface area contributed by atoms with Crippen molar-refractivity contribution in [1.82, 2.24) is 19.6 Å². The van der Waals surface area contributed by atoms with Crippen LogP contribution in [0.3, 0.4) is 0 Å². The fourth-order valence-corrected chi connectivity index (χ4v) is 3.31. The first-order chi connectivity index (χ1) is 14.2. The average Bonchev–Trinajstić information content (AvgIpc) is 3.22. The predicted molar refractivity (Wildman–Crippen MR) is 109 cm³/mol. The van der Waals surface area contributed by atoms with E-state index < -0.39 is 16.7 Å². The number of aromatic nitrogens is 4. The molecule has 0 bridgehead atoms. The molecule has 0 saturated heterocycles. The molecule has 0 aliphatic heterocycles. The first kappa shape index (κ1) is 21.4. The summed E-state index contributed by atoms with van der Waals surface area (Å²) < 4.78 is 16.9. The molecular formula is C19H20ClFN6O3. The van der Waals surface area contributed by atoms with Gasteiger partial charge in [-0.2, -0.15) is 10.2 Å². The highest BCUT2D eigenvalue weighted by molar-refractivity contribution is 6.31. The van der Waals surface area contributed by atoms with Crippen LogP contribution in [-0.2, 0) is 17.9 Å². The minimum atomic E-state index is -0.520. The van der Waals surface area contributed by atoms with Crippen LogP contribution >= 0.6 is 11.6 Å². The molecule has 0 radical (unpaired) electrons. The topological polar surface area (TPSA) is 108 Å². The summed E-state index contributed by atoms with van der Waals surface area (Å²) in [6, 6.07) is 6.03. The van der Waals surface area contributed by atoms with Crippen LogP contribution in [0.25, 0.3) is 0 Å². The first-order valence-corrected chi connectivity index (χ1v) is 9.50. The molecule has 2 heterocycles. The molecule has 11 heteroatoms. The standard InChI is InChI=1S/C19H20ClFN6O3/c1-11(9-26-13(3)18(27(29)30)12(2)23-26)19(28)22-17-7-8-25(24-17)10-14-15(20)5-4-6-16(14)21/h4-8,11H,9-10H2,1-3H3,(H,22,24,28). The Morgan fingerprint density at radius 2 is 2.07 bits per heavy atom. The van der Waals surface area contributed by atoms with E-state index in [0.29, 0.717) is 27.8 Å². The van der Waals surface area contributed by atoms with Crippen molar-refractivity contribution in [3.05, 3.63) is 68.4 Å². The molecule has 1 aromatic carbocycles. The van der Waals surface area contributed by atoms with Crippen LogP contribution in [0, 0.1) is 35.7 Å². The van der Waals surface area contributed by atoms with Crippen molar-refractivity contribution in [3.63, 3.8) is 0 Å². The van der Waals surface area contributed by atoms with Gasteiger partial charge < -0.3 is 5.32 Å². The molecule has 9 nitrogen and oxygen atoms in total. The van der Waals surface area contributed by atoms with Crippen molar-refractivity contribution in [2.75, 3.05) is 5.32 Å². The molecule has 3 aromatic rings. The molecule has 0 fully saturated rings. The van der Waals surface area contributed by atoms with Gasteiger partial charge in [0.2, 0.25) is 5.91 Å². The largest absolute Gasteiger partial charge is 0.312 e. The molecule has 158 valence electrons. The minimum absolute atomic E-state index is 0.0480. The van der Waals surface area contributed by atoms with Crippen LogP contribution in [0.1, 0.15) is 23.9 Å². The summed E-state index contributed by atoms with van der Waals surface area (Å²) in [5, 5.41) is 22.5. The van der Waals surface area contributed by atoms with E-state index in [4.69, 9.17) is 11.6 Å². The highest BCUT2D eigenvalue weighted by atomic mass is 35.5. The van der Waals surface area contributed by atoms with Crippen LogP contribution in [0.2, 0.25) is 5.02 Å². The Morgan fingerprint density at radius 3 is 2.70 bits per heavy atom. The Bertz CT molecular complexity index is 1090. The number of anilines is 1. The lowest BCUT2D eigenvalue weighted by Crippen LogP contribution is -2.25. The number of amides is 1. The van der Waals surface area contributed by atoms with Crippen LogP contribution in [0.4, 0.5) is 15.9 Å². The number of nitro groups is 1. The first-order valence-electron chi connectivity index (χ1n) is 9.13. The second kappa shape index (κ2) is 8.62. The lowest BCUT2D eigenvalue weighted by Gasteiger charge is -2.12. The van der Waals surface area contributed by atoms with Gasteiger partial charge in [0.1, 0.15) is 17.2 Å². The van der Waals surface area contributed by atoms with E-state index in [1.165, 1.54) is 21.5 Å². The smallest absolute Gasteiger partial charge is 0.309 e. The van der Waals surface area contributed by atoms with Crippen molar-refractivity contribution in [1.29, 1.82) is 0 Å². The normalized spacial score (nSPS) is 12.0. The van der Waals surface area contributed by atoms with E-state index in [9.17, 15) is 19.3 Å². The lowest BCUT2D eigenvalue weighted by molar-refractivity contribution is -0.386. The average molecular weight is 435 g/mol. The number of nitrogens with zero attached hydrogens (tertiary/aromatic N) is 5. The third-order valence-corrected chi connectivity index (χ3v) is 5.05. The van der Waals surface area contributed by atoms with E-state index >= 15 is 0 Å². The Kier molecular flexibility index (Phi) is 6.16. The van der Waals surface area contributed by atoms with Crippen molar-refractivity contribution in [3.8, 4) is 0 Å². The molecule has 1 amide bonds. The summed E-state index contributed by atoms with van der Waals surface area (Å²) in [6.07, 6.45) is 1.60. The summed E-state index contributed by atoms with van der Waals surface area (Å²) in [7, 11) is 0. The van der Waals surface area contributed by atoms with Gasteiger partial charge in [-0.05, 0) is 26.0 Å². The van der Waals surface area contributed by atoms with Crippen molar-refractivity contribution < 1.29 is 14.1 Å². The van der Waals surface area contributed by atoms with Crippen molar-refractivity contribution in [2.24, 2.45) is 5.92 Å². The SMILES string of the molecule is Cc1nn(CC(C)C(=O)Nc2ccn(Cc3c(F)cccc3Cl)n2)c(C)c1[N+](=O)[O-]. The van der Waals surface area contributed by atoms with Gasteiger partial charge in [0, 0.05) is 22.8 Å². The third-order valence-electron chi connectivity index (χ3n) is 4.69. The van der Waals surface area contributed by atoms with Gasteiger partial charge in [0.05, 0.1) is 23.9 Å². The zero-order valence-electron chi connectivity index (χ0n) is 16.6. The summed E-state index contributed by atoms with van der Waals surface area (Å²) in [6.45, 7) is 5.14. The molecule has 0 spiro atoms. The monoisotopic (exact) mass is 434 g/mol. The van der Waals surface area contributed by atoms with Gasteiger partial charge in [0.15, 0.2) is 5.82 Å². The number of aryl methyl sites for hydroxylation is 1. The van der Waals surface area contributed by atoms with Crippen LogP contribution in [0.5, 0.6) is 0 Å². The predicted octanol–water partition coefficient (Wildman–Crippen LogP) is 3.72. The molecule has 0 aliphatic rings. The maximum atomic E-state index is 13.9. The highest BCUT2D eigenvalue weighted by Crippen LogP contribution is 2.23. The van der Waals surface area contributed by atoms with E-state index in [-0.39, 0.29) is 24.7 Å². The van der Waals surface area contributed by atoms with E-state index in [2.05, 4.69) is 15.5 Å². The number of hydrogen-bond donors (Lipinski definition) is 1. The molecule has 30 heavy (non-hydrogen) atoms. The van der Waals surface area contributed by atoms with Gasteiger partial charge in [-0.1, -0.05) is 24.6 Å². The Morgan fingerprint density at radius 1 is 1.33 bits per heavy atom. The number of hydrogen-bond acceptors (Lipinski definition) is 5. The maximum absolute atomic E-state index is 13.9. The number of rotatable bonds is 7. The fraction of sp³-hybridized carbons (Fsp3) is 0.316. The second-order valence-electron chi connectivity index (χ2n) is 6.95. The zero-order chi connectivity index (χ0) is 22.0. The third kappa shape index (κ3) is 4.48. The van der Waals surface area contributed by atoms with Gasteiger partial charge >= 0.3 is 5.69 Å². The summed E-state index contributed by atoms with van der Waals surface area (Å²) in [4.78, 5) is 23.2. The molecule has 1 atom stereocenters. The van der Waals surface area contributed by atoms with Gasteiger partial charge in [-0.25, -0.2) is 4.39 Å². The van der Waals surface area contributed by atoms with Crippen molar-refractivity contribution in [2.45, 2.75) is 33.9 Å². The molecule has 1 N–H and O–H groups in total. The van der Waals surface area contributed by atoms with E-state index in [1.807, 2.05) is 0 Å². The summed E-state index contributed by atoms with van der Waals surface area (Å²) in [5.74, 6) is -0.969. The van der Waals surface area contributed by atoms with Gasteiger partial charge in [-0.15, -0.1) is 0 Å². The molecule has 0 aliphatic carbocycles. The Hall–Kier alpha value is -3.27. The van der Waals surface area contributed by atoms with Crippen LogP contribution < -0.4 is 5.32 Å². The van der Waals surface area contributed by atoms with Crippen LogP contribution in [0.15, 0.2) is 30.5 Å². The van der Waals surface area contributed by atoms with Gasteiger partial charge in [0.25, 0.3) is 0 Å². The molecule has 3 rings (SSSR count). The molecule has 0 saturated carbocycles. The second-order valence-corrected chi connectivity index (χ2v) is 7.35. The molecule has 1 unspecified atom stereocenters. The minimum Gasteiger partial charge on any atom is -0.309 e. The zero-order valence-corrected chi connectivity index (χ0v) is 17.4. The quantitative estimate of drug-likeness (QED) is 0.450. The maximum Gasteiger partial charge on any atom is 0.312 e.